The second-order valence-corrected chi connectivity index (χ2v) is 4.83. The van der Waals surface area contributed by atoms with Gasteiger partial charge in [0.2, 0.25) is 11.8 Å². The smallest absolute Gasteiger partial charge is 0.244 e. The summed E-state index contributed by atoms with van der Waals surface area (Å²) in [5.74, 6) is -0.550. The Balaban J connectivity index is 2.06. The number of nitrogens with zero attached hydrogens (tertiary/aromatic N) is 2. The summed E-state index contributed by atoms with van der Waals surface area (Å²) in [5.41, 5.74) is 0.628. The molecule has 1 fully saturated rings. The zero-order valence-corrected chi connectivity index (χ0v) is 11.1. The lowest BCUT2D eigenvalue weighted by atomic mass is 10.1. The SMILES string of the molecule is CC1C(=O)N(C)CCN1C(=O)Cc1cccc(F)c1. The third kappa shape index (κ3) is 2.92. The monoisotopic (exact) mass is 264 g/mol. The van der Waals surface area contributed by atoms with E-state index in [0.29, 0.717) is 18.7 Å². The van der Waals surface area contributed by atoms with Gasteiger partial charge in [-0.05, 0) is 24.6 Å². The highest BCUT2D eigenvalue weighted by molar-refractivity contribution is 5.89. The van der Waals surface area contributed by atoms with Gasteiger partial charge in [-0.15, -0.1) is 0 Å². The molecule has 1 saturated heterocycles. The first-order valence-corrected chi connectivity index (χ1v) is 6.28. The molecule has 1 heterocycles. The number of benzene rings is 1. The molecule has 1 atom stereocenters. The molecule has 1 aliphatic heterocycles. The van der Waals surface area contributed by atoms with Crippen molar-refractivity contribution in [3.05, 3.63) is 35.6 Å². The summed E-state index contributed by atoms with van der Waals surface area (Å²) in [4.78, 5) is 27.2. The van der Waals surface area contributed by atoms with Gasteiger partial charge in [-0.3, -0.25) is 9.59 Å². The van der Waals surface area contributed by atoms with E-state index in [0.717, 1.165) is 0 Å². The van der Waals surface area contributed by atoms with Gasteiger partial charge in [0.1, 0.15) is 11.9 Å². The summed E-state index contributed by atoms with van der Waals surface area (Å²) < 4.78 is 13.1. The van der Waals surface area contributed by atoms with E-state index in [1.807, 2.05) is 0 Å². The molecule has 2 amide bonds. The summed E-state index contributed by atoms with van der Waals surface area (Å²) >= 11 is 0. The Morgan fingerprint density at radius 1 is 1.42 bits per heavy atom. The molecule has 1 aliphatic rings. The fourth-order valence-electron chi connectivity index (χ4n) is 2.28. The van der Waals surface area contributed by atoms with Gasteiger partial charge in [-0.1, -0.05) is 12.1 Å². The second kappa shape index (κ2) is 5.38. The van der Waals surface area contributed by atoms with Crippen molar-refractivity contribution < 1.29 is 14.0 Å². The van der Waals surface area contributed by atoms with Gasteiger partial charge in [0.25, 0.3) is 0 Å². The van der Waals surface area contributed by atoms with Crippen LogP contribution in [0.15, 0.2) is 24.3 Å². The molecule has 0 radical (unpaired) electrons. The highest BCUT2D eigenvalue weighted by Crippen LogP contribution is 2.13. The number of carbonyl (C=O) groups excluding carboxylic acids is 2. The van der Waals surface area contributed by atoms with Gasteiger partial charge in [-0.2, -0.15) is 0 Å². The Morgan fingerprint density at radius 3 is 2.84 bits per heavy atom. The molecule has 1 aromatic carbocycles. The summed E-state index contributed by atoms with van der Waals surface area (Å²) in [6, 6.07) is 5.54. The Kier molecular flexibility index (Phi) is 3.83. The lowest BCUT2D eigenvalue weighted by Gasteiger charge is -2.37. The lowest BCUT2D eigenvalue weighted by Crippen LogP contribution is -2.56. The first kappa shape index (κ1) is 13.5. The predicted molar refractivity (Wildman–Crippen MR) is 68.9 cm³/mol. The van der Waals surface area contributed by atoms with Gasteiger partial charge in [0.15, 0.2) is 0 Å². The van der Waals surface area contributed by atoms with Crippen molar-refractivity contribution in [3.63, 3.8) is 0 Å². The molecule has 1 aromatic rings. The van der Waals surface area contributed by atoms with E-state index in [1.165, 1.54) is 12.1 Å². The minimum absolute atomic E-state index is 0.0566. The summed E-state index contributed by atoms with van der Waals surface area (Å²) in [6.07, 6.45) is 0.124. The zero-order chi connectivity index (χ0) is 14.0. The van der Waals surface area contributed by atoms with Gasteiger partial charge < -0.3 is 9.80 Å². The van der Waals surface area contributed by atoms with E-state index in [-0.39, 0.29) is 24.1 Å². The highest BCUT2D eigenvalue weighted by atomic mass is 19.1. The van der Waals surface area contributed by atoms with Gasteiger partial charge >= 0.3 is 0 Å². The van der Waals surface area contributed by atoms with Gasteiger partial charge in [0, 0.05) is 20.1 Å². The fraction of sp³-hybridized carbons (Fsp3) is 0.429. The number of piperazine rings is 1. The van der Waals surface area contributed by atoms with Crippen molar-refractivity contribution in [2.24, 2.45) is 0 Å². The van der Waals surface area contributed by atoms with Crippen LogP contribution in [0.25, 0.3) is 0 Å². The molecule has 0 saturated carbocycles. The fourth-order valence-corrected chi connectivity index (χ4v) is 2.28. The Morgan fingerprint density at radius 2 is 2.16 bits per heavy atom. The predicted octanol–water partition coefficient (Wildman–Crippen LogP) is 1.06. The third-order valence-corrected chi connectivity index (χ3v) is 3.44. The second-order valence-electron chi connectivity index (χ2n) is 4.83. The average molecular weight is 264 g/mol. The maximum Gasteiger partial charge on any atom is 0.244 e. The van der Waals surface area contributed by atoms with Crippen molar-refractivity contribution in [1.82, 2.24) is 9.80 Å². The molecule has 19 heavy (non-hydrogen) atoms. The largest absolute Gasteiger partial charge is 0.342 e. The Bertz CT molecular complexity index is 504. The molecule has 102 valence electrons. The van der Waals surface area contributed by atoms with Crippen LogP contribution in [0.4, 0.5) is 4.39 Å². The molecule has 0 N–H and O–H groups in total. The normalized spacial score (nSPS) is 19.7. The summed E-state index contributed by atoms with van der Waals surface area (Å²) in [6.45, 7) is 2.79. The first-order chi connectivity index (χ1) is 8.99. The Hall–Kier alpha value is -1.91. The molecule has 0 aromatic heterocycles. The van der Waals surface area contributed by atoms with Crippen LogP contribution < -0.4 is 0 Å². The van der Waals surface area contributed by atoms with Crippen molar-refractivity contribution in [1.29, 1.82) is 0 Å². The van der Waals surface area contributed by atoms with E-state index in [9.17, 15) is 14.0 Å². The van der Waals surface area contributed by atoms with Crippen LogP contribution in [0.1, 0.15) is 12.5 Å². The number of carbonyl (C=O) groups is 2. The molecule has 4 nitrogen and oxygen atoms in total. The van der Waals surface area contributed by atoms with Crippen molar-refractivity contribution >= 4 is 11.8 Å². The number of rotatable bonds is 2. The Labute approximate surface area is 111 Å². The summed E-state index contributed by atoms with van der Waals surface area (Å²) in [7, 11) is 1.73. The average Bonchev–Trinajstić information content (AvgIpc) is 2.36. The van der Waals surface area contributed by atoms with Gasteiger partial charge in [0.05, 0.1) is 6.42 Å². The maximum atomic E-state index is 13.1. The molecule has 0 bridgehead atoms. The number of likely N-dealkylation sites (N-methyl/N-ethyl adjacent to an activating group) is 1. The number of halogens is 1. The third-order valence-electron chi connectivity index (χ3n) is 3.44. The van der Waals surface area contributed by atoms with Crippen LogP contribution in [-0.4, -0.2) is 47.8 Å². The van der Waals surface area contributed by atoms with Crippen LogP contribution in [0.5, 0.6) is 0 Å². The number of hydrogen-bond donors (Lipinski definition) is 0. The first-order valence-electron chi connectivity index (χ1n) is 6.28. The van der Waals surface area contributed by atoms with Crippen LogP contribution in [0.2, 0.25) is 0 Å². The standard InChI is InChI=1S/C14H17FN2O2/c1-10-14(19)16(2)6-7-17(10)13(18)9-11-4-3-5-12(15)8-11/h3-5,8,10H,6-7,9H2,1-2H3. The maximum absolute atomic E-state index is 13.1. The minimum atomic E-state index is -0.445. The van der Waals surface area contributed by atoms with Crippen LogP contribution in [-0.2, 0) is 16.0 Å². The van der Waals surface area contributed by atoms with E-state index >= 15 is 0 Å². The molecular formula is C14H17FN2O2. The number of hydrogen-bond acceptors (Lipinski definition) is 2. The van der Waals surface area contributed by atoms with E-state index in [4.69, 9.17) is 0 Å². The molecule has 1 unspecified atom stereocenters. The molecule has 2 rings (SSSR count). The van der Waals surface area contributed by atoms with Gasteiger partial charge in [-0.25, -0.2) is 4.39 Å². The van der Waals surface area contributed by atoms with E-state index < -0.39 is 6.04 Å². The zero-order valence-electron chi connectivity index (χ0n) is 11.1. The summed E-state index contributed by atoms with van der Waals surface area (Å²) in [5, 5.41) is 0. The molecule has 0 spiro atoms. The minimum Gasteiger partial charge on any atom is -0.342 e. The molecule has 5 heteroatoms. The van der Waals surface area contributed by atoms with Crippen LogP contribution >= 0.6 is 0 Å². The number of amides is 2. The van der Waals surface area contributed by atoms with Crippen molar-refractivity contribution in [2.75, 3.05) is 20.1 Å². The van der Waals surface area contributed by atoms with Crippen LogP contribution in [0, 0.1) is 5.82 Å². The quantitative estimate of drug-likeness (QED) is 0.801. The van der Waals surface area contributed by atoms with Crippen LogP contribution in [0.3, 0.4) is 0 Å². The van der Waals surface area contributed by atoms with Crippen molar-refractivity contribution in [2.45, 2.75) is 19.4 Å². The van der Waals surface area contributed by atoms with Crippen molar-refractivity contribution in [3.8, 4) is 0 Å². The molecule has 0 aliphatic carbocycles. The van der Waals surface area contributed by atoms with E-state index in [1.54, 1.807) is 35.9 Å². The lowest BCUT2D eigenvalue weighted by molar-refractivity contribution is -0.149. The van der Waals surface area contributed by atoms with E-state index in [2.05, 4.69) is 0 Å². The highest BCUT2D eigenvalue weighted by Gasteiger charge is 2.32. The topological polar surface area (TPSA) is 40.6 Å². The molecular weight excluding hydrogens is 247 g/mol.